The van der Waals surface area contributed by atoms with E-state index < -0.39 is 21.9 Å². The van der Waals surface area contributed by atoms with Crippen LogP contribution < -0.4 is 15.6 Å². The maximum absolute atomic E-state index is 8.90. The highest BCUT2D eigenvalue weighted by atomic mass is 16.5. The molecular formula is C6H9B3O6. The summed E-state index contributed by atoms with van der Waals surface area (Å²) in [4.78, 5) is 0. The van der Waals surface area contributed by atoms with E-state index in [0.29, 0.717) is 0 Å². The Hall–Kier alpha value is -0.985. The third kappa shape index (κ3) is 3.26. The van der Waals surface area contributed by atoms with Crippen molar-refractivity contribution in [3.8, 4) is 5.75 Å². The van der Waals surface area contributed by atoms with Crippen molar-refractivity contribution in [3.63, 3.8) is 0 Å². The lowest BCUT2D eigenvalue weighted by Crippen LogP contribution is -2.38. The molecule has 0 atom stereocenters. The smallest absolute Gasteiger partial charge is 0.504 e. The van der Waals surface area contributed by atoms with Crippen LogP contribution in [-0.2, 0) is 0 Å². The molecule has 0 amide bonds. The molecule has 0 saturated carbocycles. The molecule has 0 fully saturated rings. The van der Waals surface area contributed by atoms with Crippen LogP contribution in [0.25, 0.3) is 0 Å². The van der Waals surface area contributed by atoms with E-state index in [4.69, 9.17) is 29.8 Å². The number of hydrogen-bond acceptors (Lipinski definition) is 6. The fraction of sp³-hybridized carbons (Fsp3) is 0. The molecule has 0 unspecified atom stereocenters. The summed E-state index contributed by atoms with van der Waals surface area (Å²) >= 11 is 0. The second-order valence-electron chi connectivity index (χ2n) is 2.86. The molecule has 1 aromatic carbocycles. The van der Waals surface area contributed by atoms with Crippen LogP contribution in [-0.4, -0.2) is 47.0 Å². The van der Waals surface area contributed by atoms with E-state index in [2.05, 4.69) is 0 Å². The number of hydrogen-bond donors (Lipinski definition) is 5. The maximum Gasteiger partial charge on any atom is 0.504 e. The van der Waals surface area contributed by atoms with Gasteiger partial charge in [0.15, 0.2) is 0 Å². The molecule has 0 aliphatic carbocycles. The molecule has 1 rings (SSSR count). The second-order valence-corrected chi connectivity index (χ2v) is 2.86. The zero-order chi connectivity index (χ0) is 11.4. The van der Waals surface area contributed by atoms with Gasteiger partial charge in [-0.3, -0.25) is 0 Å². The first-order valence-electron chi connectivity index (χ1n) is 4.15. The first kappa shape index (κ1) is 12.1. The molecule has 5 N–H and O–H groups in total. The van der Waals surface area contributed by atoms with Crippen molar-refractivity contribution in [2.24, 2.45) is 0 Å². The Bertz CT molecular complexity index is 304. The predicted molar refractivity (Wildman–Crippen MR) is 56.1 cm³/mol. The van der Waals surface area contributed by atoms with Crippen molar-refractivity contribution in [2.75, 3.05) is 0 Å². The molecule has 0 aliphatic rings. The van der Waals surface area contributed by atoms with E-state index in [-0.39, 0.29) is 16.7 Å². The molecule has 9 heteroatoms. The molecule has 0 radical (unpaired) electrons. The van der Waals surface area contributed by atoms with E-state index in [9.17, 15) is 0 Å². The third-order valence-corrected chi connectivity index (χ3v) is 1.78. The van der Waals surface area contributed by atoms with Gasteiger partial charge in [0.05, 0.1) is 5.75 Å². The van der Waals surface area contributed by atoms with Gasteiger partial charge >= 0.3 is 21.9 Å². The Kier molecular flexibility index (Phi) is 4.19. The van der Waals surface area contributed by atoms with Crippen LogP contribution in [0.5, 0.6) is 5.75 Å². The summed E-state index contributed by atoms with van der Waals surface area (Å²) < 4.78 is 4.70. The first-order valence-corrected chi connectivity index (χ1v) is 4.15. The van der Waals surface area contributed by atoms with E-state index >= 15 is 0 Å². The summed E-state index contributed by atoms with van der Waals surface area (Å²) in [6.07, 6.45) is 0. The van der Waals surface area contributed by atoms with Crippen LogP contribution in [0, 0.1) is 0 Å². The summed E-state index contributed by atoms with van der Waals surface area (Å²) in [6, 6.07) is 3.75. The van der Waals surface area contributed by atoms with Crippen LogP contribution in [0.1, 0.15) is 0 Å². The van der Waals surface area contributed by atoms with Gasteiger partial charge in [0, 0.05) is 0 Å². The molecule has 0 heterocycles. The second kappa shape index (κ2) is 5.20. The lowest BCUT2D eigenvalue weighted by Gasteiger charge is -2.08. The fourth-order valence-corrected chi connectivity index (χ4v) is 1.10. The average molecular weight is 210 g/mol. The predicted octanol–water partition coefficient (Wildman–Crippen LogP) is -4.32. The van der Waals surface area contributed by atoms with Gasteiger partial charge in [-0.2, -0.15) is 0 Å². The summed E-state index contributed by atoms with van der Waals surface area (Å²) in [6.45, 7) is 0. The summed E-state index contributed by atoms with van der Waals surface area (Å²) in [5, 5.41) is 44.1. The minimum absolute atomic E-state index is 0.0454. The Morgan fingerprint density at radius 3 is 1.73 bits per heavy atom. The van der Waals surface area contributed by atoms with Gasteiger partial charge in [-0.25, -0.2) is 0 Å². The molecule has 0 spiro atoms. The zero-order valence-electron chi connectivity index (χ0n) is 7.74. The molecule has 1 aromatic rings. The van der Waals surface area contributed by atoms with Crippen molar-refractivity contribution in [1.29, 1.82) is 0 Å². The molecule has 0 aliphatic heterocycles. The third-order valence-electron chi connectivity index (χ3n) is 1.78. The van der Waals surface area contributed by atoms with Gasteiger partial charge in [-0.05, 0) is 23.1 Å². The van der Waals surface area contributed by atoms with Crippen LogP contribution >= 0.6 is 0 Å². The van der Waals surface area contributed by atoms with Gasteiger partial charge in [-0.15, -0.1) is 0 Å². The molecule has 0 bridgehead atoms. The highest BCUT2D eigenvalue weighted by Gasteiger charge is 2.18. The molecular weight excluding hydrogens is 200 g/mol. The largest absolute Gasteiger partial charge is 0.539 e. The average Bonchev–Trinajstić information content (AvgIpc) is 2.17. The standard InChI is InChI=1S/C6H9B3O6/c10-7-15-6-2-4(8(11)12)1-5(3-6)9(13)14/h1-3,7,10-14H. The SMILES string of the molecule is OBOc1cc(B(O)O)cc(B(O)O)c1. The minimum Gasteiger partial charge on any atom is -0.539 e. The maximum atomic E-state index is 8.90. The Balaban J connectivity index is 3.08. The summed E-state index contributed by atoms with van der Waals surface area (Å²) in [5.41, 5.74) is 0.0908. The lowest BCUT2D eigenvalue weighted by molar-refractivity contribution is 0.423. The zero-order valence-corrected chi connectivity index (χ0v) is 7.74. The van der Waals surface area contributed by atoms with E-state index in [0.717, 1.165) is 0 Å². The molecule has 0 saturated heterocycles. The molecule has 78 valence electrons. The van der Waals surface area contributed by atoms with Crippen molar-refractivity contribution >= 4 is 32.8 Å². The molecule has 15 heavy (non-hydrogen) atoms. The van der Waals surface area contributed by atoms with Gasteiger partial charge in [0.1, 0.15) is 0 Å². The van der Waals surface area contributed by atoms with Gasteiger partial charge < -0.3 is 29.8 Å². The first-order chi connectivity index (χ1) is 7.04. The Morgan fingerprint density at radius 1 is 0.933 bits per heavy atom. The molecule has 0 aromatic heterocycles. The van der Waals surface area contributed by atoms with Crippen molar-refractivity contribution in [1.82, 2.24) is 0 Å². The van der Waals surface area contributed by atoms with E-state index in [1.54, 1.807) is 0 Å². The van der Waals surface area contributed by atoms with Crippen LogP contribution in [0.4, 0.5) is 0 Å². The number of rotatable bonds is 4. The minimum atomic E-state index is -1.75. The fourth-order valence-electron chi connectivity index (χ4n) is 1.10. The van der Waals surface area contributed by atoms with Gasteiger partial charge in [0.25, 0.3) is 0 Å². The Morgan fingerprint density at radius 2 is 1.40 bits per heavy atom. The van der Waals surface area contributed by atoms with Crippen molar-refractivity contribution in [2.45, 2.75) is 0 Å². The van der Waals surface area contributed by atoms with Crippen LogP contribution in [0.2, 0.25) is 0 Å². The topological polar surface area (TPSA) is 110 Å². The lowest BCUT2D eigenvalue weighted by atomic mass is 9.73. The van der Waals surface area contributed by atoms with Crippen LogP contribution in [0.15, 0.2) is 18.2 Å². The normalized spacial score (nSPS) is 9.67. The summed E-state index contributed by atoms with van der Waals surface area (Å²) in [7, 11) is -4.08. The quantitative estimate of drug-likeness (QED) is 0.321. The summed E-state index contributed by atoms with van der Waals surface area (Å²) in [5.74, 6) is 0.117. The highest BCUT2D eigenvalue weighted by Crippen LogP contribution is 2.05. The van der Waals surface area contributed by atoms with Crippen molar-refractivity contribution < 1.29 is 29.8 Å². The van der Waals surface area contributed by atoms with Crippen LogP contribution in [0.3, 0.4) is 0 Å². The van der Waals surface area contributed by atoms with Crippen molar-refractivity contribution in [3.05, 3.63) is 18.2 Å². The Labute approximate surface area is 87.4 Å². The van der Waals surface area contributed by atoms with Gasteiger partial charge in [0.2, 0.25) is 0 Å². The van der Waals surface area contributed by atoms with E-state index in [1.165, 1.54) is 18.2 Å². The van der Waals surface area contributed by atoms with Gasteiger partial charge in [-0.1, -0.05) is 6.07 Å². The van der Waals surface area contributed by atoms with E-state index in [1.807, 2.05) is 0 Å². The monoisotopic (exact) mass is 210 g/mol. The highest BCUT2D eigenvalue weighted by molar-refractivity contribution is 6.62. The molecule has 6 nitrogen and oxygen atoms in total. The number of benzene rings is 1.